The molecule has 23 heavy (non-hydrogen) atoms. The number of morpholine rings is 1. The van der Waals surface area contributed by atoms with Crippen LogP contribution in [0.2, 0.25) is 0 Å². The summed E-state index contributed by atoms with van der Waals surface area (Å²) in [5.41, 5.74) is 0.982. The fourth-order valence-corrected chi connectivity index (χ4v) is 2.55. The third-order valence-electron chi connectivity index (χ3n) is 3.83. The van der Waals surface area contributed by atoms with Crippen molar-refractivity contribution < 1.29 is 14.1 Å². The summed E-state index contributed by atoms with van der Waals surface area (Å²) in [5.74, 6) is 2.02. The topological polar surface area (TPSA) is 97.1 Å². The minimum Gasteiger partial charge on any atom is -0.367 e. The Bertz CT molecular complexity index is 666. The van der Waals surface area contributed by atoms with Gasteiger partial charge in [0, 0.05) is 37.7 Å². The van der Waals surface area contributed by atoms with Crippen molar-refractivity contribution >= 4 is 5.91 Å². The van der Waals surface area contributed by atoms with Gasteiger partial charge in [-0.05, 0) is 6.92 Å². The molecule has 0 saturated carbocycles. The van der Waals surface area contributed by atoms with E-state index in [-0.39, 0.29) is 12.0 Å². The largest absolute Gasteiger partial charge is 0.367 e. The molecule has 3 rings (SSSR count). The van der Waals surface area contributed by atoms with Gasteiger partial charge in [-0.2, -0.15) is 4.98 Å². The van der Waals surface area contributed by atoms with E-state index in [4.69, 9.17) is 9.26 Å². The number of imidazole rings is 1. The predicted molar refractivity (Wildman–Crippen MR) is 80.6 cm³/mol. The zero-order valence-electron chi connectivity index (χ0n) is 13.4. The van der Waals surface area contributed by atoms with E-state index in [1.54, 1.807) is 6.20 Å². The molecule has 1 fully saturated rings. The molecule has 1 amide bonds. The van der Waals surface area contributed by atoms with Crippen LogP contribution in [0.5, 0.6) is 0 Å². The first-order valence-corrected chi connectivity index (χ1v) is 7.88. The van der Waals surface area contributed by atoms with E-state index in [9.17, 15) is 4.79 Å². The fourth-order valence-electron chi connectivity index (χ4n) is 2.55. The molecule has 3 heterocycles. The molecule has 1 aliphatic heterocycles. The van der Waals surface area contributed by atoms with E-state index in [0.717, 1.165) is 17.9 Å². The van der Waals surface area contributed by atoms with Gasteiger partial charge in [-0.1, -0.05) is 12.1 Å². The van der Waals surface area contributed by atoms with Crippen LogP contribution in [0.15, 0.2) is 10.7 Å². The maximum absolute atomic E-state index is 12.4. The van der Waals surface area contributed by atoms with Crippen LogP contribution < -0.4 is 0 Å². The Morgan fingerprint density at radius 3 is 3.09 bits per heavy atom. The van der Waals surface area contributed by atoms with Gasteiger partial charge in [0.05, 0.1) is 13.2 Å². The Morgan fingerprint density at radius 1 is 1.52 bits per heavy atom. The quantitative estimate of drug-likeness (QED) is 0.889. The average molecular weight is 319 g/mol. The molecular formula is C15H21N5O3. The molecule has 1 atom stereocenters. The number of aryl methyl sites for hydroxylation is 3. The molecule has 2 aromatic heterocycles. The van der Waals surface area contributed by atoms with Crippen LogP contribution in [0.25, 0.3) is 0 Å². The lowest BCUT2D eigenvalue weighted by atomic mass is 10.2. The van der Waals surface area contributed by atoms with Crippen molar-refractivity contribution in [1.29, 1.82) is 0 Å². The lowest BCUT2D eigenvalue weighted by Crippen LogP contribution is -2.42. The monoisotopic (exact) mass is 319 g/mol. The summed E-state index contributed by atoms with van der Waals surface area (Å²) in [4.78, 5) is 25.9. The maximum atomic E-state index is 12.4. The fraction of sp³-hybridized carbons (Fsp3) is 0.600. The van der Waals surface area contributed by atoms with Gasteiger partial charge in [-0.3, -0.25) is 4.79 Å². The number of nitrogens with zero attached hydrogens (tertiary/aromatic N) is 4. The summed E-state index contributed by atoms with van der Waals surface area (Å²) >= 11 is 0. The van der Waals surface area contributed by atoms with Gasteiger partial charge in [0.1, 0.15) is 11.9 Å². The second-order valence-corrected chi connectivity index (χ2v) is 5.61. The SMILES string of the molecule is CCc1noc(CCC(=O)N2CCO[C@H](c3ncc(C)[nH]3)C2)n1. The summed E-state index contributed by atoms with van der Waals surface area (Å²) < 4.78 is 10.8. The highest BCUT2D eigenvalue weighted by atomic mass is 16.5. The van der Waals surface area contributed by atoms with E-state index in [1.165, 1.54) is 0 Å². The summed E-state index contributed by atoms with van der Waals surface area (Å²) in [6, 6.07) is 0. The van der Waals surface area contributed by atoms with Gasteiger partial charge in [0.2, 0.25) is 11.8 Å². The molecule has 8 heteroatoms. The van der Waals surface area contributed by atoms with Crippen LogP contribution in [-0.2, 0) is 22.4 Å². The molecule has 0 radical (unpaired) electrons. The number of nitrogens with one attached hydrogen (secondary N) is 1. The normalized spacial score (nSPS) is 18.3. The summed E-state index contributed by atoms with van der Waals surface area (Å²) in [6.07, 6.45) is 3.12. The van der Waals surface area contributed by atoms with Gasteiger partial charge in [-0.15, -0.1) is 0 Å². The Morgan fingerprint density at radius 2 is 2.39 bits per heavy atom. The lowest BCUT2D eigenvalue weighted by Gasteiger charge is -2.32. The molecule has 124 valence electrons. The first-order valence-electron chi connectivity index (χ1n) is 7.88. The number of amides is 1. The van der Waals surface area contributed by atoms with Crippen LogP contribution in [0.3, 0.4) is 0 Å². The number of ether oxygens (including phenoxy) is 1. The third kappa shape index (κ3) is 3.76. The first-order chi connectivity index (χ1) is 11.2. The maximum Gasteiger partial charge on any atom is 0.227 e. The number of hydrogen-bond donors (Lipinski definition) is 1. The van der Waals surface area contributed by atoms with Crippen molar-refractivity contribution in [2.75, 3.05) is 19.7 Å². The van der Waals surface area contributed by atoms with Crippen molar-refractivity contribution in [3.05, 3.63) is 29.4 Å². The van der Waals surface area contributed by atoms with Crippen molar-refractivity contribution in [3.8, 4) is 0 Å². The second kappa shape index (κ2) is 6.91. The van der Waals surface area contributed by atoms with Gasteiger partial charge in [0.15, 0.2) is 5.82 Å². The number of carbonyl (C=O) groups excluding carboxylic acids is 1. The highest BCUT2D eigenvalue weighted by Crippen LogP contribution is 2.20. The molecule has 0 aliphatic carbocycles. The number of hydrogen-bond acceptors (Lipinski definition) is 6. The molecule has 0 spiro atoms. The molecule has 1 N–H and O–H groups in total. The standard InChI is InChI=1S/C15H21N5O3/c1-3-12-18-13(23-19-12)4-5-14(21)20-6-7-22-11(9-20)15-16-8-10(2)17-15/h8,11H,3-7,9H2,1-2H3,(H,16,17)/t11-/m0/s1. The van der Waals surface area contributed by atoms with Crippen molar-refractivity contribution in [2.45, 2.75) is 39.2 Å². The summed E-state index contributed by atoms with van der Waals surface area (Å²) in [6.45, 7) is 5.52. The molecule has 1 saturated heterocycles. The van der Waals surface area contributed by atoms with Gasteiger partial charge in [-0.25, -0.2) is 4.98 Å². The highest BCUT2D eigenvalue weighted by Gasteiger charge is 2.27. The van der Waals surface area contributed by atoms with Crippen LogP contribution in [0.1, 0.15) is 42.7 Å². The molecule has 2 aromatic rings. The van der Waals surface area contributed by atoms with Crippen LogP contribution in [-0.4, -0.2) is 50.6 Å². The minimum atomic E-state index is -0.198. The molecular weight excluding hydrogens is 298 g/mol. The zero-order chi connectivity index (χ0) is 16.2. The Hall–Kier alpha value is -2.22. The van der Waals surface area contributed by atoms with Crippen LogP contribution in [0, 0.1) is 6.92 Å². The predicted octanol–water partition coefficient (Wildman–Crippen LogP) is 1.20. The molecule has 0 aromatic carbocycles. The number of carbonyl (C=O) groups is 1. The molecule has 8 nitrogen and oxygen atoms in total. The first kappa shape index (κ1) is 15.7. The number of aromatic nitrogens is 4. The number of H-pyrrole nitrogens is 1. The van der Waals surface area contributed by atoms with Crippen LogP contribution >= 0.6 is 0 Å². The Kier molecular flexibility index (Phi) is 4.71. The summed E-state index contributed by atoms with van der Waals surface area (Å²) in [7, 11) is 0. The van der Waals surface area contributed by atoms with Gasteiger partial charge >= 0.3 is 0 Å². The Balaban J connectivity index is 1.54. The smallest absolute Gasteiger partial charge is 0.227 e. The average Bonchev–Trinajstić information content (AvgIpc) is 3.21. The van der Waals surface area contributed by atoms with Gasteiger partial charge < -0.3 is 19.1 Å². The zero-order valence-corrected chi connectivity index (χ0v) is 13.4. The van der Waals surface area contributed by atoms with Crippen molar-refractivity contribution in [1.82, 2.24) is 25.0 Å². The highest BCUT2D eigenvalue weighted by molar-refractivity contribution is 5.76. The summed E-state index contributed by atoms with van der Waals surface area (Å²) in [5, 5.41) is 3.84. The van der Waals surface area contributed by atoms with E-state index >= 15 is 0 Å². The van der Waals surface area contributed by atoms with Gasteiger partial charge in [0.25, 0.3) is 0 Å². The number of aromatic amines is 1. The molecule has 1 aliphatic rings. The number of rotatable bonds is 5. The van der Waals surface area contributed by atoms with E-state index in [1.807, 2.05) is 18.7 Å². The molecule has 0 unspecified atom stereocenters. The van der Waals surface area contributed by atoms with E-state index < -0.39 is 0 Å². The Labute approximate surface area is 134 Å². The van der Waals surface area contributed by atoms with E-state index in [0.29, 0.717) is 44.3 Å². The second-order valence-electron chi connectivity index (χ2n) is 5.61. The van der Waals surface area contributed by atoms with E-state index in [2.05, 4.69) is 20.1 Å². The minimum absolute atomic E-state index is 0.0674. The van der Waals surface area contributed by atoms with Crippen molar-refractivity contribution in [3.63, 3.8) is 0 Å². The third-order valence-corrected chi connectivity index (χ3v) is 3.83. The molecule has 0 bridgehead atoms. The van der Waals surface area contributed by atoms with Crippen LogP contribution in [0.4, 0.5) is 0 Å². The lowest BCUT2D eigenvalue weighted by molar-refractivity contribution is -0.139. The van der Waals surface area contributed by atoms with Crippen molar-refractivity contribution in [2.24, 2.45) is 0 Å².